The van der Waals surface area contributed by atoms with Crippen molar-refractivity contribution < 1.29 is 23.8 Å². The van der Waals surface area contributed by atoms with Gasteiger partial charge in [-0.3, -0.25) is 9.78 Å². The topological polar surface area (TPSA) is 83.9 Å². The number of carbonyl (C=O) groups is 1. The molecule has 2 aromatic rings. The lowest BCUT2D eigenvalue weighted by Crippen LogP contribution is -2.41. The summed E-state index contributed by atoms with van der Waals surface area (Å²) in [4.78, 5) is 18.9. The Hall–Kier alpha value is -2.55. The summed E-state index contributed by atoms with van der Waals surface area (Å²) in [6.07, 6.45) is 1.50. The van der Waals surface area contributed by atoms with Crippen molar-refractivity contribution in [3.8, 4) is 0 Å². The average molecular weight is 432 g/mol. The van der Waals surface area contributed by atoms with Gasteiger partial charge in [0.1, 0.15) is 5.82 Å². The van der Waals surface area contributed by atoms with Gasteiger partial charge in [-0.25, -0.2) is 4.39 Å². The number of amides is 1. The van der Waals surface area contributed by atoms with Crippen LogP contribution in [-0.4, -0.2) is 48.8 Å². The lowest BCUT2D eigenvalue weighted by Gasteiger charge is -2.34. The maximum Gasteiger partial charge on any atom is 0.251 e. The van der Waals surface area contributed by atoms with Crippen molar-refractivity contribution in [3.05, 3.63) is 59.2 Å². The molecule has 0 radical (unpaired) electrons. The molecule has 1 aliphatic heterocycles. The van der Waals surface area contributed by atoms with E-state index >= 15 is 0 Å². The molecule has 0 aliphatic carbocycles. The molecule has 0 saturated carbocycles. The molecule has 2 heterocycles. The maximum atomic E-state index is 13.1. The van der Waals surface area contributed by atoms with E-state index in [1.165, 1.54) is 24.3 Å². The first kappa shape index (κ1) is 23.1. The first-order valence-electron chi connectivity index (χ1n) is 10.7. The third kappa shape index (κ3) is 6.22. The number of benzene rings is 1. The van der Waals surface area contributed by atoms with Crippen LogP contribution in [0.4, 0.5) is 10.1 Å². The quantitative estimate of drug-likeness (QED) is 0.444. The number of halogens is 1. The van der Waals surface area contributed by atoms with E-state index in [0.29, 0.717) is 31.9 Å². The fraction of sp³-hybridized carbons (Fsp3) is 0.478. The number of pyridine rings is 1. The average Bonchev–Trinajstić information content (AvgIpc) is 2.78. The molecular formula is C23H30FN3O4. The fourth-order valence-corrected chi connectivity index (χ4v) is 3.47. The Balaban J connectivity index is 1.62. The molecule has 0 saturated heterocycles. The SMILES string of the molecule is CCCOCCOC(O)N1CCCc2nc(C(C)NC(=O)c3ccc(F)cc3)ccc21. The molecule has 1 aromatic carbocycles. The second-order valence-electron chi connectivity index (χ2n) is 7.51. The zero-order valence-corrected chi connectivity index (χ0v) is 18.0. The summed E-state index contributed by atoms with van der Waals surface area (Å²) in [6.45, 7) is 5.98. The van der Waals surface area contributed by atoms with Crippen LogP contribution >= 0.6 is 0 Å². The van der Waals surface area contributed by atoms with Crippen molar-refractivity contribution in [3.63, 3.8) is 0 Å². The number of nitrogens with one attached hydrogen (secondary N) is 1. The van der Waals surface area contributed by atoms with Crippen LogP contribution in [0.2, 0.25) is 0 Å². The van der Waals surface area contributed by atoms with Crippen molar-refractivity contribution in [2.24, 2.45) is 0 Å². The minimum atomic E-state index is -1.06. The second-order valence-corrected chi connectivity index (χ2v) is 7.51. The summed E-state index contributed by atoms with van der Waals surface area (Å²) in [7, 11) is 0. The number of anilines is 1. The summed E-state index contributed by atoms with van der Waals surface area (Å²) in [5.74, 6) is -0.673. The number of hydrogen-bond acceptors (Lipinski definition) is 6. The molecule has 0 bridgehead atoms. The van der Waals surface area contributed by atoms with Crippen molar-refractivity contribution in [1.82, 2.24) is 10.3 Å². The van der Waals surface area contributed by atoms with Crippen molar-refractivity contribution >= 4 is 11.6 Å². The van der Waals surface area contributed by atoms with Gasteiger partial charge in [0.05, 0.1) is 36.3 Å². The van der Waals surface area contributed by atoms with Gasteiger partial charge in [-0.05, 0) is 62.6 Å². The Labute approximate surface area is 182 Å². The van der Waals surface area contributed by atoms with Crippen LogP contribution in [0.15, 0.2) is 36.4 Å². The Morgan fingerprint density at radius 3 is 2.74 bits per heavy atom. The van der Waals surface area contributed by atoms with Gasteiger partial charge in [-0.15, -0.1) is 0 Å². The van der Waals surface area contributed by atoms with Gasteiger partial charge < -0.3 is 24.8 Å². The number of hydrogen-bond donors (Lipinski definition) is 2. The van der Waals surface area contributed by atoms with Gasteiger partial charge in [-0.1, -0.05) is 6.92 Å². The van der Waals surface area contributed by atoms with E-state index in [1.54, 1.807) is 4.90 Å². The minimum absolute atomic E-state index is 0.289. The standard InChI is InChI=1S/C23H30FN3O4/c1-3-13-30-14-15-31-23(29)27-12-4-5-20-21(27)11-10-19(26-20)16(2)25-22(28)17-6-8-18(24)9-7-17/h6-11,16,23,29H,3-5,12-15H2,1-2H3,(H,25,28). The van der Waals surface area contributed by atoms with Gasteiger partial charge in [0.15, 0.2) is 0 Å². The van der Waals surface area contributed by atoms with E-state index in [2.05, 4.69) is 5.32 Å². The van der Waals surface area contributed by atoms with Crippen LogP contribution in [-0.2, 0) is 15.9 Å². The lowest BCUT2D eigenvalue weighted by molar-refractivity contribution is -0.112. The first-order valence-corrected chi connectivity index (χ1v) is 10.7. The zero-order chi connectivity index (χ0) is 22.2. The lowest BCUT2D eigenvalue weighted by atomic mass is 10.1. The molecular weight excluding hydrogens is 401 g/mol. The monoisotopic (exact) mass is 431 g/mol. The first-order chi connectivity index (χ1) is 15.0. The molecule has 2 unspecified atom stereocenters. The zero-order valence-electron chi connectivity index (χ0n) is 18.0. The van der Waals surface area contributed by atoms with Crippen LogP contribution in [0.5, 0.6) is 0 Å². The Bertz CT molecular complexity index is 862. The summed E-state index contributed by atoms with van der Waals surface area (Å²) < 4.78 is 24.0. The summed E-state index contributed by atoms with van der Waals surface area (Å²) in [5, 5.41) is 13.3. The number of nitrogens with zero attached hydrogens (tertiary/aromatic N) is 2. The van der Waals surface area contributed by atoms with Gasteiger partial charge in [0.2, 0.25) is 6.41 Å². The molecule has 0 fully saturated rings. The van der Waals surface area contributed by atoms with E-state index in [4.69, 9.17) is 14.5 Å². The van der Waals surface area contributed by atoms with Gasteiger partial charge >= 0.3 is 0 Å². The highest BCUT2D eigenvalue weighted by Gasteiger charge is 2.25. The third-order valence-electron chi connectivity index (χ3n) is 5.10. The molecule has 1 amide bonds. The normalized spacial score (nSPS) is 15.3. The largest absolute Gasteiger partial charge is 0.379 e. The molecule has 168 valence electrons. The van der Waals surface area contributed by atoms with Crippen LogP contribution in [0, 0.1) is 5.82 Å². The van der Waals surface area contributed by atoms with Crippen molar-refractivity contribution in [1.29, 1.82) is 0 Å². The van der Waals surface area contributed by atoms with Crippen LogP contribution in [0.1, 0.15) is 54.5 Å². The molecule has 2 atom stereocenters. The minimum Gasteiger partial charge on any atom is -0.379 e. The summed E-state index contributed by atoms with van der Waals surface area (Å²) in [6, 6.07) is 8.83. The number of rotatable bonds is 10. The van der Waals surface area contributed by atoms with Gasteiger partial charge in [-0.2, -0.15) is 0 Å². The van der Waals surface area contributed by atoms with E-state index < -0.39 is 6.41 Å². The second kappa shape index (κ2) is 11.2. The molecule has 31 heavy (non-hydrogen) atoms. The Morgan fingerprint density at radius 1 is 1.23 bits per heavy atom. The fourth-order valence-electron chi connectivity index (χ4n) is 3.47. The van der Waals surface area contributed by atoms with E-state index in [0.717, 1.165) is 36.3 Å². The van der Waals surface area contributed by atoms with Gasteiger partial charge in [0, 0.05) is 18.7 Å². The molecule has 8 heteroatoms. The third-order valence-corrected chi connectivity index (χ3v) is 5.10. The maximum absolute atomic E-state index is 13.1. The predicted octanol–water partition coefficient (Wildman–Crippen LogP) is 3.18. The van der Waals surface area contributed by atoms with Crippen LogP contribution in [0.25, 0.3) is 0 Å². The molecule has 1 aromatic heterocycles. The van der Waals surface area contributed by atoms with Crippen LogP contribution < -0.4 is 10.2 Å². The summed E-state index contributed by atoms with van der Waals surface area (Å²) in [5.41, 5.74) is 2.80. The number of aliphatic hydroxyl groups excluding tert-OH is 1. The van der Waals surface area contributed by atoms with Crippen molar-refractivity contribution in [2.75, 3.05) is 31.3 Å². The smallest absolute Gasteiger partial charge is 0.251 e. The highest BCUT2D eigenvalue weighted by molar-refractivity contribution is 5.94. The molecule has 3 rings (SSSR count). The number of carbonyl (C=O) groups excluding carboxylic acids is 1. The van der Waals surface area contributed by atoms with Crippen LogP contribution in [0.3, 0.4) is 0 Å². The highest BCUT2D eigenvalue weighted by Crippen LogP contribution is 2.28. The summed E-state index contributed by atoms with van der Waals surface area (Å²) >= 11 is 0. The van der Waals surface area contributed by atoms with E-state index in [9.17, 15) is 14.3 Å². The van der Waals surface area contributed by atoms with E-state index in [-0.39, 0.29) is 17.8 Å². The molecule has 0 spiro atoms. The number of aryl methyl sites for hydroxylation is 1. The number of ether oxygens (including phenoxy) is 2. The Morgan fingerprint density at radius 2 is 2.00 bits per heavy atom. The highest BCUT2D eigenvalue weighted by atomic mass is 19.1. The van der Waals surface area contributed by atoms with Gasteiger partial charge in [0.25, 0.3) is 5.91 Å². The molecule has 2 N–H and O–H groups in total. The Kier molecular flexibility index (Phi) is 8.34. The molecule has 1 aliphatic rings. The number of aliphatic hydroxyl groups is 1. The molecule has 7 nitrogen and oxygen atoms in total. The number of fused-ring (bicyclic) bond motifs is 1. The van der Waals surface area contributed by atoms with E-state index in [1.807, 2.05) is 26.0 Å². The van der Waals surface area contributed by atoms with Crippen molar-refractivity contribution in [2.45, 2.75) is 45.6 Å². The number of aromatic nitrogens is 1. The predicted molar refractivity (Wildman–Crippen MR) is 115 cm³/mol.